The number of benzene rings is 2. The molecule has 0 saturated carbocycles. The molecule has 2 aromatic carbocycles. The predicted molar refractivity (Wildman–Crippen MR) is 103 cm³/mol. The number of piperazine rings is 1. The van der Waals surface area contributed by atoms with Crippen LogP contribution in [0.15, 0.2) is 48.5 Å². The topological polar surface area (TPSA) is 9.72 Å². The maximum Gasteiger partial charge on any atom is 0.146 e. The largest absolute Gasteiger partial charge is 0.378 e. The molecule has 0 amide bonds. The Bertz CT molecular complexity index is 707. The van der Waals surface area contributed by atoms with Gasteiger partial charge in [0.25, 0.3) is 0 Å². The Hall–Kier alpha value is -2.14. The van der Waals surface area contributed by atoms with Crippen molar-refractivity contribution in [1.29, 1.82) is 0 Å². The molecule has 0 spiro atoms. The number of thiocarbonyl (C=S) groups is 1. The number of hydrogen-bond acceptors (Lipinski definition) is 3. The third kappa shape index (κ3) is 3.51. The Balaban J connectivity index is 1.64. The molecule has 3 rings (SSSR count). The molecule has 0 atom stereocenters. The molecule has 0 aromatic heterocycles. The van der Waals surface area contributed by atoms with Gasteiger partial charge in [-0.1, -0.05) is 24.4 Å². The smallest absolute Gasteiger partial charge is 0.146 e. The maximum absolute atomic E-state index is 13.9. The lowest BCUT2D eigenvalue weighted by molar-refractivity contribution is 0.390. The fourth-order valence-electron chi connectivity index (χ4n) is 2.94. The molecular weight excluding hydrogens is 321 g/mol. The van der Waals surface area contributed by atoms with Gasteiger partial charge >= 0.3 is 0 Å². The SMILES string of the molecule is CN(C)c1ccc(C(=S)N2CCN(c3ccccc3F)CC2)cc1. The molecule has 1 saturated heterocycles. The van der Waals surface area contributed by atoms with E-state index >= 15 is 0 Å². The van der Waals surface area contributed by atoms with E-state index in [0.29, 0.717) is 5.69 Å². The minimum atomic E-state index is -0.159. The van der Waals surface area contributed by atoms with Gasteiger partial charge in [-0.3, -0.25) is 0 Å². The van der Waals surface area contributed by atoms with Crippen LogP contribution in [0.5, 0.6) is 0 Å². The summed E-state index contributed by atoms with van der Waals surface area (Å²) in [7, 11) is 4.05. The van der Waals surface area contributed by atoms with Gasteiger partial charge in [-0.25, -0.2) is 4.39 Å². The molecule has 1 aliphatic heterocycles. The van der Waals surface area contributed by atoms with E-state index in [0.717, 1.165) is 42.4 Å². The first-order valence-corrected chi connectivity index (χ1v) is 8.53. The summed E-state index contributed by atoms with van der Waals surface area (Å²) in [5.41, 5.74) is 2.90. The lowest BCUT2D eigenvalue weighted by atomic mass is 10.1. The van der Waals surface area contributed by atoms with Crippen LogP contribution in [0.25, 0.3) is 0 Å². The Morgan fingerprint density at radius 3 is 2.17 bits per heavy atom. The second-order valence-corrected chi connectivity index (χ2v) is 6.56. The normalized spacial score (nSPS) is 14.6. The maximum atomic E-state index is 13.9. The summed E-state index contributed by atoms with van der Waals surface area (Å²) >= 11 is 5.65. The van der Waals surface area contributed by atoms with E-state index in [1.807, 2.05) is 26.2 Å². The van der Waals surface area contributed by atoms with E-state index in [9.17, 15) is 4.39 Å². The first-order valence-electron chi connectivity index (χ1n) is 8.12. The molecule has 0 aliphatic carbocycles. The summed E-state index contributed by atoms with van der Waals surface area (Å²) in [6, 6.07) is 15.3. The highest BCUT2D eigenvalue weighted by molar-refractivity contribution is 7.80. The highest BCUT2D eigenvalue weighted by Crippen LogP contribution is 2.21. The molecule has 1 fully saturated rings. The molecule has 3 nitrogen and oxygen atoms in total. The molecular formula is C19H22FN3S. The van der Waals surface area contributed by atoms with Gasteiger partial charge in [-0.05, 0) is 36.4 Å². The highest BCUT2D eigenvalue weighted by Gasteiger charge is 2.21. The number of halogens is 1. The summed E-state index contributed by atoms with van der Waals surface area (Å²) in [4.78, 5) is 7.23. The molecule has 5 heteroatoms. The summed E-state index contributed by atoms with van der Waals surface area (Å²) in [5, 5.41) is 0. The zero-order valence-corrected chi connectivity index (χ0v) is 14.9. The summed E-state index contributed by atoms with van der Waals surface area (Å²) in [6.45, 7) is 3.17. The van der Waals surface area contributed by atoms with Crippen molar-refractivity contribution in [3.8, 4) is 0 Å². The Morgan fingerprint density at radius 1 is 0.958 bits per heavy atom. The standard InChI is InChI=1S/C19H22FN3S/c1-21(2)16-9-7-15(8-10-16)19(24)23-13-11-22(12-14-23)18-6-4-3-5-17(18)20/h3-10H,11-14H2,1-2H3. The van der Waals surface area contributed by atoms with E-state index in [1.54, 1.807) is 6.07 Å². The molecule has 1 heterocycles. The molecule has 0 radical (unpaired) electrons. The van der Waals surface area contributed by atoms with E-state index in [2.05, 4.69) is 39.0 Å². The molecule has 0 unspecified atom stereocenters. The summed E-state index contributed by atoms with van der Waals surface area (Å²) < 4.78 is 13.9. The van der Waals surface area contributed by atoms with E-state index < -0.39 is 0 Å². The van der Waals surface area contributed by atoms with Crippen molar-refractivity contribution in [2.45, 2.75) is 0 Å². The molecule has 24 heavy (non-hydrogen) atoms. The Kier molecular flexibility index (Phi) is 5.00. The number of para-hydroxylation sites is 1. The van der Waals surface area contributed by atoms with Crippen molar-refractivity contribution < 1.29 is 4.39 Å². The predicted octanol–water partition coefficient (Wildman–Crippen LogP) is 3.39. The van der Waals surface area contributed by atoms with Gasteiger partial charge < -0.3 is 14.7 Å². The average molecular weight is 343 g/mol. The lowest BCUT2D eigenvalue weighted by Gasteiger charge is -2.37. The van der Waals surface area contributed by atoms with Crippen LogP contribution in [0.1, 0.15) is 5.56 Å². The van der Waals surface area contributed by atoms with Gasteiger partial charge in [0.15, 0.2) is 0 Å². The molecule has 1 aliphatic rings. The quantitative estimate of drug-likeness (QED) is 0.790. The molecule has 0 N–H and O–H groups in total. The zero-order valence-electron chi connectivity index (χ0n) is 14.1. The van der Waals surface area contributed by atoms with E-state index in [4.69, 9.17) is 12.2 Å². The second kappa shape index (κ2) is 7.18. The van der Waals surface area contributed by atoms with Crippen molar-refractivity contribution in [2.75, 3.05) is 50.1 Å². The van der Waals surface area contributed by atoms with Gasteiger partial charge in [-0.2, -0.15) is 0 Å². The fourth-order valence-corrected chi connectivity index (χ4v) is 3.26. The zero-order chi connectivity index (χ0) is 17.1. The van der Waals surface area contributed by atoms with Crippen LogP contribution in [0.3, 0.4) is 0 Å². The van der Waals surface area contributed by atoms with Crippen LogP contribution in [-0.4, -0.2) is 50.2 Å². The van der Waals surface area contributed by atoms with Crippen molar-refractivity contribution in [1.82, 2.24) is 4.90 Å². The van der Waals surface area contributed by atoms with Gasteiger partial charge in [0, 0.05) is 51.5 Å². The minimum absolute atomic E-state index is 0.159. The van der Waals surface area contributed by atoms with E-state index in [1.165, 1.54) is 6.07 Å². The number of nitrogens with zero attached hydrogens (tertiary/aromatic N) is 3. The minimum Gasteiger partial charge on any atom is -0.378 e. The van der Waals surface area contributed by atoms with Crippen LogP contribution in [-0.2, 0) is 0 Å². The first kappa shape index (κ1) is 16.7. The average Bonchev–Trinajstić information content (AvgIpc) is 2.62. The van der Waals surface area contributed by atoms with Crippen molar-refractivity contribution in [3.63, 3.8) is 0 Å². The Morgan fingerprint density at radius 2 is 1.58 bits per heavy atom. The van der Waals surface area contributed by atoms with Gasteiger partial charge in [0.05, 0.1) is 5.69 Å². The molecule has 2 aromatic rings. The number of rotatable bonds is 3. The van der Waals surface area contributed by atoms with Crippen LogP contribution in [0.4, 0.5) is 15.8 Å². The Labute approximate surface area is 148 Å². The van der Waals surface area contributed by atoms with Crippen LogP contribution in [0, 0.1) is 5.82 Å². The summed E-state index contributed by atoms with van der Waals surface area (Å²) in [6.07, 6.45) is 0. The van der Waals surface area contributed by atoms with E-state index in [-0.39, 0.29) is 5.82 Å². The fraction of sp³-hybridized carbons (Fsp3) is 0.316. The second-order valence-electron chi connectivity index (χ2n) is 6.17. The molecule has 0 bridgehead atoms. The van der Waals surface area contributed by atoms with Crippen molar-refractivity contribution >= 4 is 28.6 Å². The van der Waals surface area contributed by atoms with Crippen LogP contribution < -0.4 is 9.80 Å². The summed E-state index contributed by atoms with van der Waals surface area (Å²) in [5.74, 6) is -0.159. The third-order valence-corrected chi connectivity index (χ3v) is 4.88. The first-order chi connectivity index (χ1) is 11.6. The van der Waals surface area contributed by atoms with Crippen LogP contribution >= 0.6 is 12.2 Å². The van der Waals surface area contributed by atoms with Gasteiger partial charge in [-0.15, -0.1) is 0 Å². The number of hydrogen-bond donors (Lipinski definition) is 0. The van der Waals surface area contributed by atoms with Crippen molar-refractivity contribution in [2.24, 2.45) is 0 Å². The molecule has 126 valence electrons. The van der Waals surface area contributed by atoms with Crippen molar-refractivity contribution in [3.05, 3.63) is 59.9 Å². The lowest BCUT2D eigenvalue weighted by Crippen LogP contribution is -2.48. The number of anilines is 2. The van der Waals surface area contributed by atoms with Gasteiger partial charge in [0.2, 0.25) is 0 Å². The van der Waals surface area contributed by atoms with Gasteiger partial charge in [0.1, 0.15) is 10.8 Å². The monoisotopic (exact) mass is 343 g/mol. The third-order valence-electron chi connectivity index (χ3n) is 4.39. The highest BCUT2D eigenvalue weighted by atomic mass is 32.1. The van der Waals surface area contributed by atoms with Crippen LogP contribution in [0.2, 0.25) is 0 Å².